The van der Waals surface area contributed by atoms with E-state index in [0.29, 0.717) is 36.8 Å². The number of halogens is 4. The highest BCUT2D eigenvalue weighted by Crippen LogP contribution is 2.50. The second kappa shape index (κ2) is 8.16. The molecule has 0 spiro atoms. The van der Waals surface area contributed by atoms with Gasteiger partial charge in [-0.25, -0.2) is 17.6 Å². The van der Waals surface area contributed by atoms with E-state index in [-0.39, 0.29) is 5.78 Å². The molecule has 4 rings (SSSR count). The molecule has 0 aromatic heterocycles. The van der Waals surface area contributed by atoms with Gasteiger partial charge in [0.25, 0.3) is 0 Å². The van der Waals surface area contributed by atoms with Gasteiger partial charge in [-0.05, 0) is 61.1 Å². The Morgan fingerprint density at radius 2 is 0.933 bits per heavy atom. The molecule has 2 fully saturated rings. The van der Waals surface area contributed by atoms with Crippen LogP contribution in [-0.2, 0) is 15.6 Å². The minimum atomic E-state index is -0.962. The number of carbonyl (C=O) groups is 1. The van der Waals surface area contributed by atoms with Crippen LogP contribution in [-0.4, -0.2) is 5.78 Å². The summed E-state index contributed by atoms with van der Waals surface area (Å²) in [5.41, 5.74) is -0.874. The fraction of sp³-hybridized carbons (Fsp3) is 0.480. The SMILES string of the molecule is O=C(C1(c2ccc(F)c(F)c2)CCCCC1)C1(c2ccc(F)c(F)c2)CCCCC1. The van der Waals surface area contributed by atoms with Crippen LogP contribution in [0.25, 0.3) is 0 Å². The molecule has 30 heavy (non-hydrogen) atoms. The lowest BCUT2D eigenvalue weighted by molar-refractivity contribution is -0.133. The number of rotatable bonds is 4. The molecular weight excluding hydrogens is 392 g/mol. The Labute approximate surface area is 174 Å². The summed E-state index contributed by atoms with van der Waals surface area (Å²) in [5.74, 6) is -3.85. The molecular formula is C25H26F4O. The summed E-state index contributed by atoms with van der Waals surface area (Å²) in [6, 6.07) is 7.51. The van der Waals surface area contributed by atoms with Crippen LogP contribution in [0.1, 0.15) is 75.3 Å². The number of hydrogen-bond donors (Lipinski definition) is 0. The van der Waals surface area contributed by atoms with E-state index in [1.165, 1.54) is 12.1 Å². The molecule has 0 N–H and O–H groups in total. The Kier molecular flexibility index (Phi) is 5.73. The lowest BCUT2D eigenvalue weighted by atomic mass is 9.55. The highest BCUT2D eigenvalue weighted by molar-refractivity contribution is 5.99. The molecule has 0 unspecified atom stereocenters. The second-order valence-corrected chi connectivity index (χ2v) is 8.87. The van der Waals surface area contributed by atoms with Crippen LogP contribution in [0.3, 0.4) is 0 Å². The van der Waals surface area contributed by atoms with E-state index in [4.69, 9.17) is 0 Å². The molecule has 160 valence electrons. The van der Waals surface area contributed by atoms with Crippen LogP contribution in [0, 0.1) is 23.3 Å². The van der Waals surface area contributed by atoms with Gasteiger partial charge in [-0.15, -0.1) is 0 Å². The van der Waals surface area contributed by atoms with E-state index >= 15 is 0 Å². The van der Waals surface area contributed by atoms with E-state index in [1.807, 2.05) is 0 Å². The molecule has 2 saturated carbocycles. The van der Waals surface area contributed by atoms with Crippen molar-refractivity contribution in [2.45, 2.75) is 75.0 Å². The maximum Gasteiger partial charge on any atom is 0.159 e. The normalized spacial score (nSPS) is 20.7. The summed E-state index contributed by atoms with van der Waals surface area (Å²) in [6.07, 6.45) is 7.47. The maximum absolute atomic E-state index is 14.4. The minimum Gasteiger partial charge on any atom is -0.298 e. The molecule has 5 heteroatoms. The topological polar surface area (TPSA) is 17.1 Å². The van der Waals surface area contributed by atoms with Crippen LogP contribution in [0.15, 0.2) is 36.4 Å². The Morgan fingerprint density at radius 3 is 1.27 bits per heavy atom. The number of ketones is 1. The first-order valence-corrected chi connectivity index (χ1v) is 10.9. The Morgan fingerprint density at radius 1 is 0.567 bits per heavy atom. The molecule has 0 atom stereocenters. The molecule has 2 aromatic rings. The van der Waals surface area contributed by atoms with Crippen molar-refractivity contribution in [1.29, 1.82) is 0 Å². The van der Waals surface area contributed by atoms with Crippen LogP contribution in [0.5, 0.6) is 0 Å². The van der Waals surface area contributed by atoms with Gasteiger partial charge in [0, 0.05) is 0 Å². The van der Waals surface area contributed by atoms with E-state index in [0.717, 1.165) is 62.8 Å². The van der Waals surface area contributed by atoms with Crippen molar-refractivity contribution in [1.82, 2.24) is 0 Å². The van der Waals surface area contributed by atoms with Crippen LogP contribution >= 0.6 is 0 Å². The van der Waals surface area contributed by atoms with Crippen molar-refractivity contribution in [3.63, 3.8) is 0 Å². The molecule has 0 bridgehead atoms. The monoisotopic (exact) mass is 418 g/mol. The van der Waals surface area contributed by atoms with E-state index < -0.39 is 34.1 Å². The highest BCUT2D eigenvalue weighted by atomic mass is 19.2. The summed E-state index contributed by atoms with van der Waals surface area (Å²) in [6.45, 7) is 0. The largest absolute Gasteiger partial charge is 0.298 e. The van der Waals surface area contributed by atoms with Gasteiger partial charge in [0.2, 0.25) is 0 Å². The maximum atomic E-state index is 14.4. The number of benzene rings is 2. The first-order valence-electron chi connectivity index (χ1n) is 10.9. The molecule has 0 heterocycles. The summed E-state index contributed by atoms with van der Waals surface area (Å²) >= 11 is 0. The van der Waals surface area contributed by atoms with Crippen LogP contribution in [0.2, 0.25) is 0 Å². The molecule has 0 aliphatic heterocycles. The van der Waals surface area contributed by atoms with Crippen molar-refractivity contribution in [2.75, 3.05) is 0 Å². The van der Waals surface area contributed by atoms with Crippen molar-refractivity contribution < 1.29 is 22.4 Å². The fourth-order valence-corrected chi connectivity index (χ4v) is 5.65. The summed E-state index contributed by atoms with van der Waals surface area (Å²) in [5, 5.41) is 0. The van der Waals surface area contributed by atoms with Gasteiger partial charge in [0.15, 0.2) is 29.1 Å². The molecule has 2 aliphatic rings. The van der Waals surface area contributed by atoms with Gasteiger partial charge in [0.1, 0.15) is 0 Å². The number of hydrogen-bond acceptors (Lipinski definition) is 1. The third-order valence-electron chi connectivity index (χ3n) is 7.23. The predicted octanol–water partition coefficient (Wildman–Crippen LogP) is 6.92. The van der Waals surface area contributed by atoms with Crippen LogP contribution < -0.4 is 0 Å². The van der Waals surface area contributed by atoms with Crippen molar-refractivity contribution in [2.24, 2.45) is 0 Å². The van der Waals surface area contributed by atoms with Gasteiger partial charge in [0.05, 0.1) is 10.8 Å². The molecule has 1 nitrogen and oxygen atoms in total. The first-order chi connectivity index (χ1) is 14.4. The Bertz CT molecular complexity index is 865. The number of carbonyl (C=O) groups excluding carboxylic acids is 1. The van der Waals surface area contributed by atoms with Gasteiger partial charge < -0.3 is 0 Å². The van der Waals surface area contributed by atoms with Gasteiger partial charge in [-0.3, -0.25) is 4.79 Å². The summed E-state index contributed by atoms with van der Waals surface area (Å²) in [4.78, 5) is 14.4. The fourth-order valence-electron chi connectivity index (χ4n) is 5.65. The average molecular weight is 418 g/mol. The van der Waals surface area contributed by atoms with E-state index in [2.05, 4.69) is 0 Å². The third-order valence-corrected chi connectivity index (χ3v) is 7.23. The second-order valence-electron chi connectivity index (χ2n) is 8.87. The standard InChI is InChI=1S/C25H26F4O/c26-19-9-7-17(15-21(19)28)24(11-3-1-4-12-24)23(30)25(13-5-2-6-14-25)18-8-10-20(27)22(29)16-18/h7-10,15-16H,1-6,11-14H2. The van der Waals surface area contributed by atoms with Crippen molar-refractivity contribution in [3.05, 3.63) is 70.8 Å². The van der Waals surface area contributed by atoms with Crippen molar-refractivity contribution in [3.8, 4) is 0 Å². The predicted molar refractivity (Wildman–Crippen MR) is 107 cm³/mol. The van der Waals surface area contributed by atoms with Crippen LogP contribution in [0.4, 0.5) is 17.6 Å². The molecule has 0 radical (unpaired) electrons. The lowest BCUT2D eigenvalue weighted by Crippen LogP contribution is -2.51. The van der Waals surface area contributed by atoms with Gasteiger partial charge in [-0.2, -0.15) is 0 Å². The smallest absolute Gasteiger partial charge is 0.159 e. The van der Waals surface area contributed by atoms with Gasteiger partial charge >= 0.3 is 0 Å². The first kappa shape index (κ1) is 21.1. The highest BCUT2D eigenvalue weighted by Gasteiger charge is 2.52. The zero-order valence-corrected chi connectivity index (χ0v) is 17.0. The molecule has 0 amide bonds. The minimum absolute atomic E-state index is 0.0496. The van der Waals surface area contributed by atoms with Crippen molar-refractivity contribution >= 4 is 5.78 Å². The lowest BCUT2D eigenvalue weighted by Gasteiger charge is -2.46. The van der Waals surface area contributed by atoms with E-state index in [9.17, 15) is 22.4 Å². The van der Waals surface area contributed by atoms with E-state index in [1.54, 1.807) is 0 Å². The zero-order valence-electron chi connectivity index (χ0n) is 17.0. The Hall–Kier alpha value is -2.17. The Balaban J connectivity index is 1.86. The summed E-state index contributed by atoms with van der Waals surface area (Å²) in [7, 11) is 0. The quantitative estimate of drug-likeness (QED) is 0.493. The third kappa shape index (κ3) is 3.46. The molecule has 2 aliphatic carbocycles. The molecule has 2 aromatic carbocycles. The zero-order chi connectivity index (χ0) is 21.4. The van der Waals surface area contributed by atoms with Gasteiger partial charge in [-0.1, -0.05) is 50.7 Å². The molecule has 0 saturated heterocycles. The summed E-state index contributed by atoms with van der Waals surface area (Å²) < 4.78 is 55.6. The average Bonchev–Trinajstić information content (AvgIpc) is 2.78. The number of Topliss-reactive ketones (excluding diaryl/α,β-unsaturated/α-hetero) is 1.